The lowest BCUT2D eigenvalue weighted by Gasteiger charge is -2.40. The van der Waals surface area contributed by atoms with E-state index in [0.29, 0.717) is 0 Å². The largest absolute Gasteiger partial charge is 0.491 e. The first-order chi connectivity index (χ1) is 23.7. The van der Waals surface area contributed by atoms with Crippen molar-refractivity contribution in [1.29, 1.82) is 0 Å². The van der Waals surface area contributed by atoms with Gasteiger partial charge in [-0.05, 0) is 106 Å². The highest BCUT2D eigenvalue weighted by Gasteiger charge is 2.41. The Labute approximate surface area is 278 Å². The summed E-state index contributed by atoms with van der Waals surface area (Å²) in [6.07, 6.45) is 3.26. The standard InChI is InChI=1S/C44H34O4/c45-22-24-47-31-16-18-33-29(26-31)8-3-13-39(33)44(40-14-4-9-30-27-32(48-25-23-46)17-19-34(30)40)21-20-38-36-11-2-7-28-6-1-10-35(42(28)36)37-12-5-15-41(44)43(37)38/h1-20,26-27,45-46H,21-25H2. The molecular formula is C44H34O4. The molecule has 0 atom stereocenters. The second-order valence-corrected chi connectivity index (χ2v) is 12.7. The van der Waals surface area contributed by atoms with Gasteiger partial charge in [-0.3, -0.25) is 0 Å². The maximum atomic E-state index is 9.38. The number of hydrogen-bond donors (Lipinski definition) is 2. The van der Waals surface area contributed by atoms with E-state index < -0.39 is 5.41 Å². The minimum Gasteiger partial charge on any atom is -0.491 e. The lowest BCUT2D eigenvalue weighted by Crippen LogP contribution is -2.34. The molecule has 234 valence electrons. The molecule has 4 nitrogen and oxygen atoms in total. The molecule has 0 saturated carbocycles. The van der Waals surface area contributed by atoms with E-state index in [-0.39, 0.29) is 26.4 Å². The maximum absolute atomic E-state index is 9.38. The number of ether oxygens (including phenoxy) is 2. The third-order valence-corrected chi connectivity index (χ3v) is 10.2. The lowest BCUT2D eigenvalue weighted by molar-refractivity contribution is 0.201. The van der Waals surface area contributed by atoms with Gasteiger partial charge in [0.1, 0.15) is 24.7 Å². The Hall–Kier alpha value is -5.42. The Morgan fingerprint density at radius 1 is 0.479 bits per heavy atom. The second kappa shape index (κ2) is 11.4. The van der Waals surface area contributed by atoms with Gasteiger partial charge < -0.3 is 19.7 Å². The summed E-state index contributed by atoms with van der Waals surface area (Å²) in [7, 11) is 0. The van der Waals surface area contributed by atoms with Crippen LogP contribution in [0.5, 0.6) is 11.5 Å². The highest BCUT2D eigenvalue weighted by Crippen LogP contribution is 2.51. The van der Waals surface area contributed by atoms with Gasteiger partial charge in [0.05, 0.1) is 18.6 Å². The first-order valence-corrected chi connectivity index (χ1v) is 16.6. The van der Waals surface area contributed by atoms with Gasteiger partial charge >= 0.3 is 0 Å². The van der Waals surface area contributed by atoms with E-state index >= 15 is 0 Å². The lowest BCUT2D eigenvalue weighted by atomic mass is 9.62. The summed E-state index contributed by atoms with van der Waals surface area (Å²) in [6, 6.07) is 46.0. The predicted octanol–water partition coefficient (Wildman–Crippen LogP) is 8.43. The molecule has 8 aromatic carbocycles. The zero-order chi connectivity index (χ0) is 32.2. The first kappa shape index (κ1) is 28.8. The number of rotatable bonds is 8. The van der Waals surface area contributed by atoms with Crippen LogP contribution in [0.3, 0.4) is 0 Å². The fraction of sp³-hybridized carbons (Fsp3) is 0.136. The van der Waals surface area contributed by atoms with Crippen LogP contribution in [0, 0.1) is 0 Å². The fourth-order valence-corrected chi connectivity index (χ4v) is 8.35. The van der Waals surface area contributed by atoms with Crippen LogP contribution < -0.4 is 14.7 Å². The Morgan fingerprint density at radius 2 is 0.979 bits per heavy atom. The monoisotopic (exact) mass is 626 g/mol. The summed E-state index contributed by atoms with van der Waals surface area (Å²) in [4.78, 5) is 0. The molecule has 0 unspecified atom stereocenters. The van der Waals surface area contributed by atoms with Crippen LogP contribution in [0.4, 0.5) is 0 Å². The van der Waals surface area contributed by atoms with E-state index in [4.69, 9.17) is 9.47 Å². The van der Waals surface area contributed by atoms with Crippen LogP contribution >= 0.6 is 0 Å². The van der Waals surface area contributed by atoms with Gasteiger partial charge in [-0.25, -0.2) is 0 Å². The molecule has 0 spiro atoms. The van der Waals surface area contributed by atoms with Gasteiger partial charge in [0.15, 0.2) is 0 Å². The van der Waals surface area contributed by atoms with Gasteiger partial charge in [-0.1, -0.05) is 109 Å². The summed E-state index contributed by atoms with van der Waals surface area (Å²) in [6.45, 7) is 0.458. The molecular weight excluding hydrogens is 592 g/mol. The van der Waals surface area contributed by atoms with Crippen molar-refractivity contribution in [1.82, 2.24) is 0 Å². The third kappa shape index (κ3) is 4.23. The molecule has 0 saturated heterocycles. The van der Waals surface area contributed by atoms with Crippen LogP contribution in [-0.4, -0.2) is 36.6 Å². The minimum absolute atomic E-state index is 0.0281. The predicted molar refractivity (Wildman–Crippen MR) is 196 cm³/mol. The normalized spacial score (nSPS) is 13.8. The third-order valence-electron chi connectivity index (χ3n) is 10.2. The van der Waals surface area contributed by atoms with Crippen molar-refractivity contribution in [2.24, 2.45) is 0 Å². The quantitative estimate of drug-likeness (QED) is 0.131. The summed E-state index contributed by atoms with van der Waals surface area (Å²) in [5.74, 6) is 1.49. The van der Waals surface area contributed by atoms with E-state index in [0.717, 1.165) is 28.7 Å². The fourth-order valence-electron chi connectivity index (χ4n) is 8.35. The molecule has 0 radical (unpaired) electrons. The minimum atomic E-state index is -0.519. The molecule has 8 aromatic rings. The number of fused-ring (bicyclic) bond motifs is 4. The summed E-state index contributed by atoms with van der Waals surface area (Å²) >= 11 is 0. The first-order valence-electron chi connectivity index (χ1n) is 16.6. The molecule has 0 aliphatic heterocycles. The van der Waals surface area contributed by atoms with Crippen molar-refractivity contribution in [2.75, 3.05) is 26.4 Å². The molecule has 48 heavy (non-hydrogen) atoms. The molecule has 0 heterocycles. The molecule has 0 bridgehead atoms. The van der Waals surface area contributed by atoms with Gasteiger partial charge in [-0.2, -0.15) is 0 Å². The highest BCUT2D eigenvalue weighted by molar-refractivity contribution is 6.22. The van der Waals surface area contributed by atoms with Gasteiger partial charge in [0, 0.05) is 0 Å². The van der Waals surface area contributed by atoms with Crippen molar-refractivity contribution in [3.8, 4) is 11.5 Å². The molecule has 1 aliphatic rings. The number of benzene rings is 8. The molecule has 9 rings (SSSR count). The van der Waals surface area contributed by atoms with E-state index in [1.807, 2.05) is 12.1 Å². The number of aliphatic hydroxyl groups excluding tert-OH is 2. The van der Waals surface area contributed by atoms with Crippen LogP contribution in [0.25, 0.3) is 59.9 Å². The zero-order valence-electron chi connectivity index (χ0n) is 26.4. The average Bonchev–Trinajstić information content (AvgIpc) is 3.14. The molecule has 2 N–H and O–H groups in total. The van der Waals surface area contributed by atoms with Crippen molar-refractivity contribution in [3.05, 3.63) is 149 Å². The molecule has 4 heteroatoms. The highest BCUT2D eigenvalue weighted by atomic mass is 16.5. The summed E-state index contributed by atoms with van der Waals surface area (Å²) in [5, 5.41) is 32.3. The van der Waals surface area contributed by atoms with Crippen molar-refractivity contribution >= 4 is 59.9 Å². The Bertz CT molecular complexity index is 2490. The molecule has 0 amide bonds. The summed E-state index contributed by atoms with van der Waals surface area (Å²) < 4.78 is 11.7. The van der Waals surface area contributed by atoms with E-state index in [1.54, 1.807) is 0 Å². The van der Waals surface area contributed by atoms with Gasteiger partial charge in [0.2, 0.25) is 0 Å². The average molecular weight is 627 g/mol. The zero-order valence-corrected chi connectivity index (χ0v) is 26.4. The molecule has 0 aromatic heterocycles. The summed E-state index contributed by atoms with van der Waals surface area (Å²) in [5.41, 5.74) is 3.25. The topological polar surface area (TPSA) is 58.9 Å². The van der Waals surface area contributed by atoms with E-state index in [9.17, 15) is 10.2 Å². The molecule has 0 fully saturated rings. The number of hydrogen-bond acceptors (Lipinski definition) is 4. The van der Waals surface area contributed by atoms with E-state index in [1.165, 1.54) is 65.0 Å². The van der Waals surface area contributed by atoms with Crippen LogP contribution in [0.1, 0.15) is 23.1 Å². The van der Waals surface area contributed by atoms with Gasteiger partial charge in [-0.15, -0.1) is 0 Å². The van der Waals surface area contributed by atoms with Crippen LogP contribution in [0.15, 0.2) is 127 Å². The van der Waals surface area contributed by atoms with Gasteiger partial charge in [0.25, 0.3) is 0 Å². The smallest absolute Gasteiger partial charge is 0.120 e. The number of aliphatic hydroxyl groups is 2. The maximum Gasteiger partial charge on any atom is 0.120 e. The van der Waals surface area contributed by atoms with Crippen LogP contribution in [0.2, 0.25) is 0 Å². The molecule has 1 aliphatic carbocycles. The Morgan fingerprint density at radius 3 is 1.58 bits per heavy atom. The van der Waals surface area contributed by atoms with E-state index in [2.05, 4.69) is 121 Å². The Balaban J connectivity index is 1.40. The van der Waals surface area contributed by atoms with Crippen molar-refractivity contribution < 1.29 is 19.7 Å². The Kier molecular flexibility index (Phi) is 6.82. The second-order valence-electron chi connectivity index (χ2n) is 12.7. The van der Waals surface area contributed by atoms with Crippen molar-refractivity contribution in [2.45, 2.75) is 11.8 Å². The van der Waals surface area contributed by atoms with Crippen LogP contribution in [-0.2, 0) is 5.41 Å². The SMILES string of the molecule is OCCOc1ccc2c(C3(c4cccc5cc(OCCO)ccc45)CC=c4c5cccc6cccc(c7cccc3c47)c65)cccc2c1. The van der Waals surface area contributed by atoms with Crippen molar-refractivity contribution in [3.63, 3.8) is 0 Å².